The van der Waals surface area contributed by atoms with Crippen LogP contribution in [0, 0.1) is 16.0 Å². The van der Waals surface area contributed by atoms with E-state index in [1.165, 1.54) is 25.0 Å². The zero-order valence-corrected chi connectivity index (χ0v) is 8.43. The third-order valence-electron chi connectivity index (χ3n) is 2.85. The second-order valence-corrected chi connectivity index (χ2v) is 4.13. The van der Waals surface area contributed by atoms with Crippen LogP contribution in [0.25, 0.3) is 0 Å². The van der Waals surface area contributed by atoms with Crippen molar-refractivity contribution in [3.63, 3.8) is 0 Å². The topological polar surface area (TPSA) is 69.2 Å². The Morgan fingerprint density at radius 3 is 2.47 bits per heavy atom. The van der Waals surface area contributed by atoms with Gasteiger partial charge in [0, 0.05) is 18.2 Å². The highest BCUT2D eigenvalue weighted by molar-refractivity contribution is 5.33. The first-order chi connectivity index (χ1) is 7.16. The summed E-state index contributed by atoms with van der Waals surface area (Å²) in [7, 11) is 0. The fourth-order valence-corrected chi connectivity index (χ4v) is 1.72. The molecule has 1 fully saturated rings. The van der Waals surface area contributed by atoms with E-state index in [-0.39, 0.29) is 16.7 Å². The van der Waals surface area contributed by atoms with Gasteiger partial charge in [-0.25, -0.2) is 0 Å². The molecule has 1 saturated carbocycles. The van der Waals surface area contributed by atoms with Gasteiger partial charge in [0.15, 0.2) is 0 Å². The Hall–Kier alpha value is -1.42. The smallest absolute Gasteiger partial charge is 0.269 e. The summed E-state index contributed by atoms with van der Waals surface area (Å²) in [6, 6.07) is 6.87. The average Bonchev–Trinajstić information content (AvgIpc) is 3.01. The van der Waals surface area contributed by atoms with Crippen molar-refractivity contribution < 1.29 is 4.92 Å². The summed E-state index contributed by atoms with van der Waals surface area (Å²) >= 11 is 0. The first-order valence-electron chi connectivity index (χ1n) is 5.16. The maximum Gasteiger partial charge on any atom is 0.269 e. The van der Waals surface area contributed by atoms with Gasteiger partial charge in [0.2, 0.25) is 0 Å². The lowest BCUT2D eigenvalue weighted by atomic mass is 10.0. The zero-order valence-electron chi connectivity index (χ0n) is 8.43. The normalized spacial score (nSPS) is 17.4. The highest BCUT2D eigenvalue weighted by Gasteiger charge is 2.28. The van der Waals surface area contributed by atoms with Gasteiger partial charge in [-0.1, -0.05) is 12.1 Å². The second kappa shape index (κ2) is 3.98. The molecule has 0 bridgehead atoms. The second-order valence-electron chi connectivity index (χ2n) is 4.13. The number of nitrogens with zero attached hydrogens (tertiary/aromatic N) is 1. The number of nitrogens with two attached hydrogens (primary N) is 1. The van der Waals surface area contributed by atoms with Crippen LogP contribution in [0.2, 0.25) is 0 Å². The van der Waals surface area contributed by atoms with Crippen molar-refractivity contribution in [1.82, 2.24) is 0 Å². The highest BCUT2D eigenvalue weighted by atomic mass is 16.6. The Balaban J connectivity index is 1.99. The molecule has 4 nitrogen and oxygen atoms in total. The van der Waals surface area contributed by atoms with Crippen LogP contribution in [0.1, 0.15) is 18.4 Å². The third-order valence-corrected chi connectivity index (χ3v) is 2.85. The number of hydrogen-bond donors (Lipinski definition) is 1. The molecule has 0 radical (unpaired) electrons. The van der Waals surface area contributed by atoms with E-state index in [1.807, 2.05) is 0 Å². The molecule has 0 spiro atoms. The molecule has 80 valence electrons. The quantitative estimate of drug-likeness (QED) is 0.604. The summed E-state index contributed by atoms with van der Waals surface area (Å²) in [6.07, 6.45) is 3.28. The largest absolute Gasteiger partial charge is 0.327 e. The maximum absolute atomic E-state index is 10.4. The fraction of sp³-hybridized carbons (Fsp3) is 0.455. The van der Waals surface area contributed by atoms with Gasteiger partial charge in [-0.3, -0.25) is 10.1 Å². The van der Waals surface area contributed by atoms with E-state index in [2.05, 4.69) is 0 Å². The summed E-state index contributed by atoms with van der Waals surface area (Å²) in [4.78, 5) is 10.0. The number of rotatable bonds is 4. The molecule has 15 heavy (non-hydrogen) atoms. The minimum atomic E-state index is -0.384. The minimum Gasteiger partial charge on any atom is -0.327 e. The summed E-state index contributed by atoms with van der Waals surface area (Å²) in [5.74, 6) is 0.667. The van der Waals surface area contributed by atoms with Gasteiger partial charge < -0.3 is 5.73 Å². The van der Waals surface area contributed by atoms with Gasteiger partial charge in [0.05, 0.1) is 4.92 Å². The van der Waals surface area contributed by atoms with Crippen LogP contribution in [-0.2, 0) is 6.42 Å². The maximum atomic E-state index is 10.4. The summed E-state index contributed by atoms with van der Waals surface area (Å²) in [6.45, 7) is 0. The van der Waals surface area contributed by atoms with Crippen LogP contribution in [0.4, 0.5) is 5.69 Å². The molecular weight excluding hydrogens is 192 g/mol. The van der Waals surface area contributed by atoms with E-state index >= 15 is 0 Å². The van der Waals surface area contributed by atoms with Crippen LogP contribution in [0.5, 0.6) is 0 Å². The Labute approximate surface area is 88.2 Å². The van der Waals surface area contributed by atoms with Gasteiger partial charge in [0.1, 0.15) is 0 Å². The van der Waals surface area contributed by atoms with Crippen molar-refractivity contribution in [3.8, 4) is 0 Å². The molecule has 4 heteroatoms. The van der Waals surface area contributed by atoms with Gasteiger partial charge in [-0.05, 0) is 30.7 Å². The molecule has 1 aromatic carbocycles. The van der Waals surface area contributed by atoms with E-state index in [0.29, 0.717) is 5.92 Å². The average molecular weight is 206 g/mol. The van der Waals surface area contributed by atoms with E-state index < -0.39 is 0 Å². The number of hydrogen-bond acceptors (Lipinski definition) is 3. The Bertz CT molecular complexity index is 357. The molecule has 2 N–H and O–H groups in total. The Kier molecular flexibility index (Phi) is 2.68. The van der Waals surface area contributed by atoms with Gasteiger partial charge in [-0.15, -0.1) is 0 Å². The first-order valence-corrected chi connectivity index (χ1v) is 5.16. The number of nitro benzene ring substituents is 1. The van der Waals surface area contributed by atoms with E-state index in [4.69, 9.17) is 5.73 Å². The van der Waals surface area contributed by atoms with Crippen molar-refractivity contribution in [1.29, 1.82) is 0 Å². The zero-order chi connectivity index (χ0) is 10.8. The van der Waals surface area contributed by atoms with Crippen LogP contribution < -0.4 is 5.73 Å². The van der Waals surface area contributed by atoms with Crippen LogP contribution in [0.15, 0.2) is 24.3 Å². The molecule has 1 aromatic rings. The summed E-state index contributed by atoms with van der Waals surface area (Å²) in [5.41, 5.74) is 7.20. The van der Waals surface area contributed by atoms with Crippen molar-refractivity contribution >= 4 is 5.69 Å². The van der Waals surface area contributed by atoms with Crippen LogP contribution >= 0.6 is 0 Å². The summed E-state index contributed by atoms with van der Waals surface area (Å²) < 4.78 is 0. The van der Waals surface area contributed by atoms with Gasteiger partial charge in [-0.2, -0.15) is 0 Å². The Morgan fingerprint density at radius 1 is 1.40 bits per heavy atom. The van der Waals surface area contributed by atoms with Crippen molar-refractivity contribution in [2.45, 2.75) is 25.3 Å². The molecule has 0 heterocycles. The minimum absolute atomic E-state index is 0.138. The monoisotopic (exact) mass is 206 g/mol. The molecule has 1 aliphatic carbocycles. The lowest BCUT2D eigenvalue weighted by Gasteiger charge is -2.09. The number of nitro groups is 1. The molecule has 0 saturated heterocycles. The standard InChI is InChI=1S/C11H14N2O2/c12-11(9-3-4-9)7-8-1-5-10(6-2-8)13(14)15/h1-2,5-6,9,11H,3-4,7,12H2. The first kappa shape index (κ1) is 10.1. The van der Waals surface area contributed by atoms with E-state index in [1.54, 1.807) is 12.1 Å². The molecule has 1 aliphatic rings. The van der Waals surface area contributed by atoms with Crippen LogP contribution in [-0.4, -0.2) is 11.0 Å². The predicted octanol–water partition coefficient (Wildman–Crippen LogP) is 1.87. The number of benzene rings is 1. The highest BCUT2D eigenvalue weighted by Crippen LogP contribution is 2.32. The number of non-ortho nitro benzene ring substituents is 1. The third kappa shape index (κ3) is 2.53. The summed E-state index contributed by atoms with van der Waals surface area (Å²) in [5, 5.41) is 10.4. The fourth-order valence-electron chi connectivity index (χ4n) is 1.72. The van der Waals surface area contributed by atoms with E-state index in [9.17, 15) is 10.1 Å². The lowest BCUT2D eigenvalue weighted by Crippen LogP contribution is -2.24. The molecule has 0 aromatic heterocycles. The van der Waals surface area contributed by atoms with Gasteiger partial charge in [0.25, 0.3) is 5.69 Å². The van der Waals surface area contributed by atoms with Gasteiger partial charge >= 0.3 is 0 Å². The van der Waals surface area contributed by atoms with Crippen molar-refractivity contribution in [3.05, 3.63) is 39.9 Å². The van der Waals surface area contributed by atoms with Crippen molar-refractivity contribution in [2.24, 2.45) is 11.7 Å². The predicted molar refractivity (Wildman–Crippen MR) is 57.5 cm³/mol. The molecular formula is C11H14N2O2. The Morgan fingerprint density at radius 2 is 2.00 bits per heavy atom. The van der Waals surface area contributed by atoms with E-state index in [0.717, 1.165) is 12.0 Å². The molecule has 1 unspecified atom stereocenters. The molecule has 0 aliphatic heterocycles. The molecule has 0 amide bonds. The SMILES string of the molecule is NC(Cc1ccc([N+](=O)[O-])cc1)C1CC1. The molecule has 2 rings (SSSR count). The lowest BCUT2D eigenvalue weighted by molar-refractivity contribution is -0.384. The molecule has 1 atom stereocenters. The van der Waals surface area contributed by atoms with Crippen LogP contribution in [0.3, 0.4) is 0 Å². The van der Waals surface area contributed by atoms with Crippen molar-refractivity contribution in [2.75, 3.05) is 0 Å².